The van der Waals surface area contributed by atoms with Gasteiger partial charge in [-0.1, -0.05) is 29.6 Å². The number of hydrogen-bond donors (Lipinski definition) is 3. The smallest absolute Gasteiger partial charge is 0.259 e. The minimum absolute atomic E-state index is 0.0266. The molecule has 1 fully saturated rings. The summed E-state index contributed by atoms with van der Waals surface area (Å²) in [5.41, 5.74) is 11.1. The highest BCUT2D eigenvalue weighted by Crippen LogP contribution is 2.47. The maximum atomic E-state index is 12.9. The van der Waals surface area contributed by atoms with Crippen molar-refractivity contribution >= 4 is 40.2 Å². The van der Waals surface area contributed by atoms with E-state index in [1.807, 2.05) is 6.92 Å². The monoisotopic (exact) mass is 429 g/mol. The number of carbonyl (C=O) groups is 1. The number of piperazine rings is 1. The van der Waals surface area contributed by atoms with Crippen LogP contribution in [0.25, 0.3) is 0 Å². The van der Waals surface area contributed by atoms with Crippen molar-refractivity contribution in [1.29, 1.82) is 0 Å². The van der Waals surface area contributed by atoms with Gasteiger partial charge < -0.3 is 21.3 Å². The molecule has 29 heavy (non-hydrogen) atoms. The van der Waals surface area contributed by atoms with Crippen LogP contribution in [0.15, 0.2) is 33.8 Å². The molecule has 3 aliphatic heterocycles. The molecule has 8 heteroatoms. The first kappa shape index (κ1) is 19.3. The van der Waals surface area contributed by atoms with Crippen molar-refractivity contribution in [3.8, 4) is 0 Å². The topological polar surface area (TPSA) is 82.8 Å². The van der Waals surface area contributed by atoms with Gasteiger partial charge in [-0.05, 0) is 49.4 Å². The van der Waals surface area contributed by atoms with Gasteiger partial charge in [-0.25, -0.2) is 0 Å². The Morgan fingerprint density at radius 1 is 1.28 bits per heavy atom. The molecular formula is C21H27N5OS2. The fourth-order valence-corrected chi connectivity index (χ4v) is 7.15. The van der Waals surface area contributed by atoms with Crippen LogP contribution in [0.2, 0.25) is 0 Å². The molecule has 0 aromatic heterocycles. The number of fused-ring (bicyclic) bond motifs is 2. The van der Waals surface area contributed by atoms with Crippen molar-refractivity contribution < 1.29 is 4.79 Å². The molecule has 1 aliphatic carbocycles. The summed E-state index contributed by atoms with van der Waals surface area (Å²) in [6, 6.07) is 7.01. The summed E-state index contributed by atoms with van der Waals surface area (Å²) in [6.45, 7) is 6.23. The number of nitrogens with two attached hydrogens (primary N) is 1. The van der Waals surface area contributed by atoms with Gasteiger partial charge in [-0.2, -0.15) is 0 Å². The van der Waals surface area contributed by atoms with Crippen molar-refractivity contribution in [2.24, 2.45) is 10.7 Å². The quantitative estimate of drug-likeness (QED) is 0.680. The number of amides is 1. The molecule has 3 atom stereocenters. The number of carbonyl (C=O) groups excluding carboxylic acids is 1. The van der Waals surface area contributed by atoms with Crippen molar-refractivity contribution in [3.63, 3.8) is 0 Å². The minimum atomic E-state index is -0.0266. The van der Waals surface area contributed by atoms with Crippen molar-refractivity contribution in [3.05, 3.63) is 39.9 Å². The molecule has 5 rings (SSSR count). The highest BCUT2D eigenvalue weighted by atomic mass is 32.2. The summed E-state index contributed by atoms with van der Waals surface area (Å²) in [4.78, 5) is 20.6. The van der Waals surface area contributed by atoms with E-state index >= 15 is 0 Å². The molecule has 2 unspecified atom stereocenters. The normalized spacial score (nSPS) is 28.8. The van der Waals surface area contributed by atoms with E-state index in [4.69, 9.17) is 5.73 Å². The number of benzene rings is 1. The van der Waals surface area contributed by atoms with E-state index < -0.39 is 0 Å². The van der Waals surface area contributed by atoms with Crippen LogP contribution < -0.4 is 21.3 Å². The Morgan fingerprint density at radius 2 is 2.10 bits per heavy atom. The molecule has 4 N–H and O–H groups in total. The van der Waals surface area contributed by atoms with Crippen LogP contribution in [0.1, 0.15) is 24.5 Å². The second kappa shape index (κ2) is 7.89. The largest absolute Gasteiger partial charge is 0.400 e. The fraction of sp³-hybridized carbons (Fsp3) is 0.524. The molecule has 4 aliphatic rings. The van der Waals surface area contributed by atoms with Gasteiger partial charge in [0.25, 0.3) is 5.91 Å². The third kappa shape index (κ3) is 3.78. The maximum Gasteiger partial charge on any atom is 0.259 e. The molecular weight excluding hydrogens is 402 g/mol. The molecule has 6 nitrogen and oxygen atoms in total. The summed E-state index contributed by atoms with van der Waals surface area (Å²) in [7, 11) is 0. The minimum Gasteiger partial charge on any atom is -0.400 e. The van der Waals surface area contributed by atoms with E-state index in [1.54, 1.807) is 11.8 Å². The molecule has 3 heterocycles. The Labute approximate surface area is 180 Å². The van der Waals surface area contributed by atoms with Crippen LogP contribution in [-0.2, 0) is 17.6 Å². The zero-order chi connectivity index (χ0) is 20.0. The number of aliphatic imine (C=N–C) groups is 1. The Hall–Kier alpha value is -1.64. The number of nitrogens with zero attached hydrogens (tertiary/aromatic N) is 2. The third-order valence-corrected chi connectivity index (χ3v) is 8.78. The summed E-state index contributed by atoms with van der Waals surface area (Å²) >= 11 is 3.19. The highest BCUT2D eigenvalue weighted by molar-refractivity contribution is 8.16. The van der Waals surface area contributed by atoms with Crippen LogP contribution in [0.4, 0.5) is 5.69 Å². The van der Waals surface area contributed by atoms with Gasteiger partial charge in [0.2, 0.25) is 0 Å². The van der Waals surface area contributed by atoms with Crippen molar-refractivity contribution in [2.45, 2.75) is 42.9 Å². The van der Waals surface area contributed by atoms with Gasteiger partial charge in [0.1, 0.15) is 5.37 Å². The standard InChI is InChI=1S/C21H27N5OS2/c1-12-24-21-19(28-12)17(22)18(29-21)20(27)25-15-4-2-14-11-16(5-3-13(14)10-15)26-8-6-23-7-9-26/h3,5,11,15,19,21,23H,2,4,6-10,22H2,1H3,(H,25,27)/t15-,19?,21?/m0/s1. The lowest BCUT2D eigenvalue weighted by atomic mass is 9.87. The Balaban J connectivity index is 1.23. The van der Waals surface area contributed by atoms with Crippen LogP contribution in [-0.4, -0.2) is 53.8 Å². The van der Waals surface area contributed by atoms with Gasteiger partial charge in [-0.15, -0.1) is 0 Å². The molecule has 1 aromatic rings. The van der Waals surface area contributed by atoms with E-state index in [0.717, 1.165) is 50.5 Å². The van der Waals surface area contributed by atoms with Gasteiger partial charge >= 0.3 is 0 Å². The molecule has 0 spiro atoms. The first-order chi connectivity index (χ1) is 14.1. The van der Waals surface area contributed by atoms with Gasteiger partial charge in [-0.3, -0.25) is 9.79 Å². The van der Waals surface area contributed by atoms with E-state index in [9.17, 15) is 4.79 Å². The van der Waals surface area contributed by atoms with Gasteiger partial charge in [0.05, 0.1) is 15.2 Å². The average Bonchev–Trinajstić information content (AvgIpc) is 3.25. The first-order valence-corrected chi connectivity index (χ1v) is 12.1. The number of rotatable bonds is 3. The number of thioether (sulfide) groups is 2. The molecule has 0 saturated carbocycles. The Morgan fingerprint density at radius 3 is 2.90 bits per heavy atom. The first-order valence-electron chi connectivity index (χ1n) is 10.3. The number of anilines is 1. The predicted molar refractivity (Wildman–Crippen MR) is 123 cm³/mol. The van der Waals surface area contributed by atoms with E-state index in [1.165, 1.54) is 28.6 Å². The van der Waals surface area contributed by atoms with Crippen LogP contribution in [0.5, 0.6) is 0 Å². The molecule has 1 aromatic carbocycles. The molecule has 0 radical (unpaired) electrons. The SMILES string of the molecule is CC1=NC2SC(C(=O)N[C@H]3CCc4cc(N5CCNCC5)ccc4C3)=C(N)C2S1. The fourth-order valence-electron chi connectivity index (χ4n) is 4.56. The summed E-state index contributed by atoms with van der Waals surface area (Å²) < 4.78 is 0. The third-order valence-electron chi connectivity index (χ3n) is 6.11. The average molecular weight is 430 g/mol. The van der Waals surface area contributed by atoms with Gasteiger partial charge in [0, 0.05) is 43.6 Å². The lowest BCUT2D eigenvalue weighted by Crippen LogP contribution is -2.43. The van der Waals surface area contributed by atoms with E-state index in [-0.39, 0.29) is 22.6 Å². The molecule has 1 amide bonds. The summed E-state index contributed by atoms with van der Waals surface area (Å²) in [6.07, 6.45) is 2.87. The second-order valence-electron chi connectivity index (χ2n) is 8.08. The van der Waals surface area contributed by atoms with E-state index in [0.29, 0.717) is 10.6 Å². The lowest BCUT2D eigenvalue weighted by Gasteiger charge is -2.31. The predicted octanol–water partition coefficient (Wildman–Crippen LogP) is 1.85. The molecule has 1 saturated heterocycles. The number of aryl methyl sites for hydroxylation is 1. The Kier molecular flexibility index (Phi) is 5.26. The number of hydrogen-bond acceptors (Lipinski definition) is 7. The lowest BCUT2D eigenvalue weighted by molar-refractivity contribution is -0.117. The van der Waals surface area contributed by atoms with Crippen molar-refractivity contribution in [2.75, 3.05) is 31.1 Å². The highest BCUT2D eigenvalue weighted by Gasteiger charge is 2.41. The van der Waals surface area contributed by atoms with Crippen LogP contribution in [0, 0.1) is 0 Å². The number of nitrogens with one attached hydrogen (secondary N) is 2. The zero-order valence-electron chi connectivity index (χ0n) is 16.6. The van der Waals surface area contributed by atoms with Gasteiger partial charge in [0.15, 0.2) is 0 Å². The van der Waals surface area contributed by atoms with E-state index in [2.05, 4.69) is 38.7 Å². The second-order valence-corrected chi connectivity index (χ2v) is 10.5. The maximum absolute atomic E-state index is 12.9. The molecule has 0 bridgehead atoms. The Bertz CT molecular complexity index is 893. The van der Waals surface area contributed by atoms with Crippen molar-refractivity contribution in [1.82, 2.24) is 10.6 Å². The zero-order valence-corrected chi connectivity index (χ0v) is 18.2. The van der Waals surface area contributed by atoms with Crippen LogP contribution >= 0.6 is 23.5 Å². The molecule has 154 valence electrons. The van der Waals surface area contributed by atoms with Crippen LogP contribution in [0.3, 0.4) is 0 Å². The summed E-state index contributed by atoms with van der Waals surface area (Å²) in [5.74, 6) is -0.0266. The summed E-state index contributed by atoms with van der Waals surface area (Å²) in [5, 5.41) is 7.89.